The van der Waals surface area contributed by atoms with Gasteiger partial charge in [0, 0.05) is 19.4 Å². The molecule has 1 aromatic rings. The first-order valence-electron chi connectivity index (χ1n) is 5.71. The van der Waals surface area contributed by atoms with E-state index >= 15 is 0 Å². The Labute approximate surface area is 107 Å². The summed E-state index contributed by atoms with van der Waals surface area (Å²) in [7, 11) is 0. The van der Waals surface area contributed by atoms with Crippen molar-refractivity contribution in [2.24, 2.45) is 0 Å². The SMILES string of the molecule is C#CCCOCCCOc1cccc(C(=O)O)c1. The molecule has 0 saturated carbocycles. The number of benzene rings is 1. The van der Waals surface area contributed by atoms with Crippen LogP contribution in [0, 0.1) is 12.3 Å². The van der Waals surface area contributed by atoms with Crippen LogP contribution in [0.1, 0.15) is 23.2 Å². The van der Waals surface area contributed by atoms with E-state index < -0.39 is 5.97 Å². The minimum absolute atomic E-state index is 0.220. The van der Waals surface area contributed by atoms with Crippen LogP contribution in [-0.2, 0) is 4.74 Å². The van der Waals surface area contributed by atoms with Gasteiger partial charge in [0.2, 0.25) is 0 Å². The van der Waals surface area contributed by atoms with E-state index in [2.05, 4.69) is 5.92 Å². The molecule has 1 N–H and O–H groups in total. The first-order chi connectivity index (χ1) is 8.74. The van der Waals surface area contributed by atoms with Gasteiger partial charge in [-0.05, 0) is 18.2 Å². The summed E-state index contributed by atoms with van der Waals surface area (Å²) in [4.78, 5) is 10.7. The minimum atomic E-state index is -0.960. The maximum absolute atomic E-state index is 10.7. The van der Waals surface area contributed by atoms with Crippen LogP contribution in [0.15, 0.2) is 24.3 Å². The molecule has 0 aliphatic heterocycles. The fraction of sp³-hybridized carbons (Fsp3) is 0.357. The predicted molar refractivity (Wildman–Crippen MR) is 67.8 cm³/mol. The molecule has 4 heteroatoms. The van der Waals surface area contributed by atoms with Crippen LogP contribution < -0.4 is 4.74 Å². The number of carboxylic acid groups (broad SMARTS) is 1. The number of carboxylic acids is 1. The predicted octanol–water partition coefficient (Wildman–Crippen LogP) is 2.19. The number of terminal acetylenes is 1. The normalized spacial score (nSPS) is 9.72. The van der Waals surface area contributed by atoms with E-state index in [-0.39, 0.29) is 5.56 Å². The summed E-state index contributed by atoms with van der Waals surface area (Å²) in [5.41, 5.74) is 0.220. The number of rotatable bonds is 8. The van der Waals surface area contributed by atoms with Gasteiger partial charge in [-0.15, -0.1) is 12.3 Å². The molecule has 0 amide bonds. The zero-order chi connectivity index (χ0) is 13.2. The van der Waals surface area contributed by atoms with Gasteiger partial charge in [-0.1, -0.05) is 6.07 Å². The first kappa shape index (κ1) is 14.1. The standard InChI is InChI=1S/C14H16O4/c1-2-3-8-17-9-5-10-18-13-7-4-6-12(11-13)14(15)16/h1,4,6-7,11H,3,5,8-10H2,(H,15,16). The van der Waals surface area contributed by atoms with Crippen molar-refractivity contribution in [3.8, 4) is 18.1 Å². The first-order valence-corrected chi connectivity index (χ1v) is 5.71. The highest BCUT2D eigenvalue weighted by Crippen LogP contribution is 2.13. The van der Waals surface area contributed by atoms with Crippen LogP contribution in [0.2, 0.25) is 0 Å². The van der Waals surface area contributed by atoms with Gasteiger partial charge < -0.3 is 14.6 Å². The lowest BCUT2D eigenvalue weighted by molar-refractivity contribution is 0.0696. The summed E-state index contributed by atoms with van der Waals surface area (Å²) in [5.74, 6) is 2.08. The monoisotopic (exact) mass is 248 g/mol. The van der Waals surface area contributed by atoms with Crippen molar-refractivity contribution in [3.05, 3.63) is 29.8 Å². The van der Waals surface area contributed by atoms with Gasteiger partial charge in [-0.3, -0.25) is 0 Å². The fourth-order valence-electron chi connectivity index (χ4n) is 1.30. The van der Waals surface area contributed by atoms with Crippen molar-refractivity contribution < 1.29 is 19.4 Å². The topological polar surface area (TPSA) is 55.8 Å². The molecule has 0 atom stereocenters. The highest BCUT2D eigenvalue weighted by molar-refractivity contribution is 5.87. The van der Waals surface area contributed by atoms with Gasteiger partial charge in [0.1, 0.15) is 5.75 Å². The van der Waals surface area contributed by atoms with E-state index in [9.17, 15) is 4.79 Å². The average molecular weight is 248 g/mol. The summed E-state index contributed by atoms with van der Waals surface area (Å²) >= 11 is 0. The zero-order valence-electron chi connectivity index (χ0n) is 10.1. The lowest BCUT2D eigenvalue weighted by Gasteiger charge is -2.07. The minimum Gasteiger partial charge on any atom is -0.493 e. The van der Waals surface area contributed by atoms with Crippen molar-refractivity contribution in [3.63, 3.8) is 0 Å². The molecule has 18 heavy (non-hydrogen) atoms. The lowest BCUT2D eigenvalue weighted by atomic mass is 10.2. The quantitative estimate of drug-likeness (QED) is 0.566. The molecule has 0 unspecified atom stereocenters. The van der Waals surface area contributed by atoms with Gasteiger partial charge in [0.25, 0.3) is 0 Å². The molecule has 0 heterocycles. The Bertz CT molecular complexity index is 420. The highest BCUT2D eigenvalue weighted by Gasteiger charge is 2.03. The number of carbonyl (C=O) groups is 1. The smallest absolute Gasteiger partial charge is 0.335 e. The largest absolute Gasteiger partial charge is 0.493 e. The Hall–Kier alpha value is -1.99. The molecule has 0 fully saturated rings. The van der Waals surface area contributed by atoms with Crippen molar-refractivity contribution in [2.75, 3.05) is 19.8 Å². The van der Waals surface area contributed by atoms with E-state index in [1.165, 1.54) is 12.1 Å². The molecule has 0 aromatic heterocycles. The summed E-state index contributed by atoms with van der Waals surface area (Å²) in [6.07, 6.45) is 6.43. The van der Waals surface area contributed by atoms with Gasteiger partial charge >= 0.3 is 5.97 Å². The molecular formula is C14H16O4. The van der Waals surface area contributed by atoms with Crippen molar-refractivity contribution in [1.82, 2.24) is 0 Å². The Morgan fingerprint density at radius 3 is 2.89 bits per heavy atom. The molecule has 0 saturated heterocycles. The van der Waals surface area contributed by atoms with Crippen molar-refractivity contribution >= 4 is 5.97 Å². The van der Waals surface area contributed by atoms with Crippen molar-refractivity contribution in [2.45, 2.75) is 12.8 Å². The Morgan fingerprint density at radius 1 is 1.33 bits per heavy atom. The molecular weight excluding hydrogens is 232 g/mol. The van der Waals surface area contributed by atoms with E-state index in [0.29, 0.717) is 32.0 Å². The maximum atomic E-state index is 10.7. The van der Waals surface area contributed by atoms with E-state index in [0.717, 1.165) is 6.42 Å². The molecule has 4 nitrogen and oxygen atoms in total. The molecule has 1 rings (SSSR count). The molecule has 0 spiro atoms. The second-order valence-corrected chi connectivity index (χ2v) is 3.60. The third-order valence-corrected chi connectivity index (χ3v) is 2.17. The number of hydrogen-bond donors (Lipinski definition) is 1. The fourth-order valence-corrected chi connectivity index (χ4v) is 1.30. The average Bonchev–Trinajstić information content (AvgIpc) is 2.38. The van der Waals surface area contributed by atoms with E-state index in [4.69, 9.17) is 21.0 Å². The summed E-state index contributed by atoms with van der Waals surface area (Å²) in [6, 6.07) is 6.41. The Morgan fingerprint density at radius 2 is 2.17 bits per heavy atom. The van der Waals surface area contributed by atoms with Crippen LogP contribution in [0.4, 0.5) is 0 Å². The number of ether oxygens (including phenoxy) is 2. The molecule has 0 bridgehead atoms. The second kappa shape index (κ2) is 8.15. The van der Waals surface area contributed by atoms with Crippen LogP contribution in [-0.4, -0.2) is 30.9 Å². The van der Waals surface area contributed by atoms with Gasteiger partial charge in [0.15, 0.2) is 0 Å². The summed E-state index contributed by atoms with van der Waals surface area (Å²) < 4.78 is 10.7. The van der Waals surface area contributed by atoms with Crippen molar-refractivity contribution in [1.29, 1.82) is 0 Å². The molecule has 0 radical (unpaired) electrons. The summed E-state index contributed by atoms with van der Waals surface area (Å²) in [5, 5.41) is 8.81. The van der Waals surface area contributed by atoms with Gasteiger partial charge in [-0.25, -0.2) is 4.79 Å². The molecule has 0 aliphatic carbocycles. The van der Waals surface area contributed by atoms with Gasteiger partial charge in [0.05, 0.1) is 18.8 Å². The van der Waals surface area contributed by atoms with Crippen LogP contribution in [0.5, 0.6) is 5.75 Å². The molecule has 96 valence electrons. The molecule has 1 aromatic carbocycles. The van der Waals surface area contributed by atoms with E-state index in [1.807, 2.05) is 0 Å². The number of hydrogen-bond acceptors (Lipinski definition) is 3. The van der Waals surface area contributed by atoms with Gasteiger partial charge in [-0.2, -0.15) is 0 Å². The summed E-state index contributed by atoms with van der Waals surface area (Å²) in [6.45, 7) is 1.63. The third-order valence-electron chi connectivity index (χ3n) is 2.17. The zero-order valence-corrected chi connectivity index (χ0v) is 10.1. The Balaban J connectivity index is 2.21. The van der Waals surface area contributed by atoms with Crippen LogP contribution >= 0.6 is 0 Å². The van der Waals surface area contributed by atoms with Crippen LogP contribution in [0.3, 0.4) is 0 Å². The molecule has 0 aliphatic rings. The second-order valence-electron chi connectivity index (χ2n) is 3.60. The maximum Gasteiger partial charge on any atom is 0.335 e. The van der Waals surface area contributed by atoms with E-state index in [1.54, 1.807) is 12.1 Å². The Kier molecular flexibility index (Phi) is 6.37. The highest BCUT2D eigenvalue weighted by atomic mass is 16.5. The number of aromatic carboxylic acids is 1. The third kappa shape index (κ3) is 5.37. The lowest BCUT2D eigenvalue weighted by Crippen LogP contribution is -2.04. The van der Waals surface area contributed by atoms with Crippen LogP contribution in [0.25, 0.3) is 0 Å².